The number of rotatable bonds is 9. The molecule has 1 amide bonds. The number of carbonyl (C=O) groups excluding carboxylic acids is 1. The maximum atomic E-state index is 12.3. The van der Waals surface area contributed by atoms with E-state index < -0.39 is 0 Å². The van der Waals surface area contributed by atoms with Gasteiger partial charge in [0.2, 0.25) is 5.91 Å². The molecule has 6 heteroatoms. The second-order valence-corrected chi connectivity index (χ2v) is 6.93. The molecule has 1 atom stereocenters. The smallest absolute Gasteiger partial charge is 0.226 e. The molecule has 1 aromatic rings. The molecule has 2 rings (SSSR count). The van der Waals surface area contributed by atoms with Gasteiger partial charge in [0, 0.05) is 31.6 Å². The van der Waals surface area contributed by atoms with E-state index in [9.17, 15) is 4.79 Å². The van der Waals surface area contributed by atoms with Crippen molar-refractivity contribution in [1.82, 2.24) is 10.2 Å². The summed E-state index contributed by atoms with van der Waals surface area (Å²) < 4.78 is 10.5. The van der Waals surface area contributed by atoms with Gasteiger partial charge in [0.25, 0.3) is 0 Å². The molecule has 6 nitrogen and oxygen atoms in total. The highest BCUT2D eigenvalue weighted by Gasteiger charge is 2.13. The molecule has 1 aromatic carbocycles. The van der Waals surface area contributed by atoms with Crippen molar-refractivity contribution in [3.8, 4) is 11.5 Å². The summed E-state index contributed by atoms with van der Waals surface area (Å²) in [7, 11) is 3.18. The van der Waals surface area contributed by atoms with Crippen LogP contribution in [0, 0.1) is 0 Å². The molecule has 1 aliphatic heterocycles. The third-order valence-electron chi connectivity index (χ3n) is 4.79. The number of benzene rings is 1. The highest BCUT2D eigenvalue weighted by Crippen LogP contribution is 2.29. The number of carbonyl (C=O) groups is 1. The van der Waals surface area contributed by atoms with E-state index in [1.807, 2.05) is 6.92 Å². The normalized spacial score (nSPS) is 16.6. The van der Waals surface area contributed by atoms with E-state index >= 15 is 0 Å². The quantitative estimate of drug-likeness (QED) is 0.706. The number of amides is 1. The molecule has 146 valence electrons. The third kappa shape index (κ3) is 6.84. The summed E-state index contributed by atoms with van der Waals surface area (Å²) in [6.45, 7) is 6.42. The first kappa shape index (κ1) is 20.5. The molecule has 1 unspecified atom stereocenters. The van der Waals surface area contributed by atoms with Gasteiger partial charge in [0.1, 0.15) is 11.5 Å². The minimum atomic E-state index is -0.0248. The van der Waals surface area contributed by atoms with Crippen molar-refractivity contribution in [2.75, 3.05) is 45.7 Å². The maximum absolute atomic E-state index is 12.3. The Hall–Kier alpha value is -1.79. The van der Waals surface area contributed by atoms with Crippen LogP contribution in [0.5, 0.6) is 11.5 Å². The summed E-state index contributed by atoms with van der Waals surface area (Å²) in [5.41, 5.74) is 0.662. The lowest BCUT2D eigenvalue weighted by Gasteiger charge is -2.21. The number of anilines is 1. The molecule has 1 heterocycles. The van der Waals surface area contributed by atoms with E-state index in [4.69, 9.17) is 9.47 Å². The lowest BCUT2D eigenvalue weighted by molar-refractivity contribution is -0.116. The highest BCUT2D eigenvalue weighted by atomic mass is 16.5. The molecule has 0 aromatic heterocycles. The van der Waals surface area contributed by atoms with Crippen LogP contribution in [0.1, 0.15) is 39.0 Å². The molecule has 0 radical (unpaired) electrons. The van der Waals surface area contributed by atoms with Crippen molar-refractivity contribution in [3.63, 3.8) is 0 Å². The first-order valence-corrected chi connectivity index (χ1v) is 9.60. The molecule has 1 aliphatic rings. The van der Waals surface area contributed by atoms with Crippen molar-refractivity contribution < 1.29 is 14.3 Å². The van der Waals surface area contributed by atoms with Crippen molar-refractivity contribution in [2.45, 2.75) is 45.1 Å². The number of likely N-dealkylation sites (tertiary alicyclic amines) is 1. The topological polar surface area (TPSA) is 62.8 Å². The Bertz CT molecular complexity index is 557. The Balaban J connectivity index is 1.73. The van der Waals surface area contributed by atoms with Crippen LogP contribution in [0.3, 0.4) is 0 Å². The summed E-state index contributed by atoms with van der Waals surface area (Å²) >= 11 is 0. The zero-order valence-corrected chi connectivity index (χ0v) is 16.3. The van der Waals surface area contributed by atoms with E-state index in [0.29, 0.717) is 23.6 Å². The predicted octanol–water partition coefficient (Wildman–Crippen LogP) is 2.89. The van der Waals surface area contributed by atoms with E-state index in [1.54, 1.807) is 32.4 Å². The van der Waals surface area contributed by atoms with Gasteiger partial charge in [0.15, 0.2) is 0 Å². The number of nitrogens with zero attached hydrogens (tertiary/aromatic N) is 1. The predicted molar refractivity (Wildman–Crippen MR) is 105 cm³/mol. The molecule has 2 N–H and O–H groups in total. The van der Waals surface area contributed by atoms with E-state index in [0.717, 1.165) is 13.1 Å². The van der Waals surface area contributed by atoms with Crippen LogP contribution in [0.4, 0.5) is 5.69 Å². The summed E-state index contributed by atoms with van der Waals surface area (Å²) in [6.07, 6.45) is 5.75. The average molecular weight is 364 g/mol. The Morgan fingerprint density at radius 1 is 1.15 bits per heavy atom. The lowest BCUT2D eigenvalue weighted by atomic mass is 10.2. The van der Waals surface area contributed by atoms with Gasteiger partial charge in [-0.25, -0.2) is 0 Å². The number of methoxy groups -OCH3 is 2. The van der Waals surface area contributed by atoms with Crippen LogP contribution in [-0.2, 0) is 4.79 Å². The van der Waals surface area contributed by atoms with Gasteiger partial charge in [0.05, 0.1) is 19.9 Å². The fourth-order valence-electron chi connectivity index (χ4n) is 3.28. The van der Waals surface area contributed by atoms with Crippen LogP contribution in [0.15, 0.2) is 18.2 Å². The highest BCUT2D eigenvalue weighted by molar-refractivity contribution is 5.92. The second-order valence-electron chi connectivity index (χ2n) is 6.93. The first-order valence-electron chi connectivity index (χ1n) is 9.60. The molecular formula is C20H33N3O3. The largest absolute Gasteiger partial charge is 0.497 e. The standard InChI is InChI=1S/C20H33N3O3/c1-16(21-10-13-23-11-6-4-5-7-12-23)14-20(24)22-18-9-8-17(25-2)15-19(18)26-3/h8-9,15-16,21H,4-7,10-14H2,1-3H3,(H,22,24). The molecular weight excluding hydrogens is 330 g/mol. The molecule has 0 saturated carbocycles. The zero-order chi connectivity index (χ0) is 18.8. The van der Waals surface area contributed by atoms with E-state index in [1.165, 1.54) is 38.8 Å². The second kappa shape index (κ2) is 11.0. The van der Waals surface area contributed by atoms with Crippen LogP contribution in [0.2, 0.25) is 0 Å². The summed E-state index contributed by atoms with van der Waals surface area (Å²) in [5, 5.41) is 6.38. The van der Waals surface area contributed by atoms with Crippen molar-refractivity contribution in [2.24, 2.45) is 0 Å². The zero-order valence-electron chi connectivity index (χ0n) is 16.3. The monoisotopic (exact) mass is 363 g/mol. The number of hydrogen-bond donors (Lipinski definition) is 2. The Kier molecular flexibility index (Phi) is 8.71. The molecule has 1 saturated heterocycles. The fraction of sp³-hybridized carbons (Fsp3) is 0.650. The van der Waals surface area contributed by atoms with Gasteiger partial charge >= 0.3 is 0 Å². The molecule has 0 spiro atoms. The van der Waals surface area contributed by atoms with Crippen molar-refractivity contribution in [1.29, 1.82) is 0 Å². The summed E-state index contributed by atoms with van der Waals surface area (Å²) in [5.74, 6) is 1.27. The van der Waals surface area contributed by atoms with Crippen LogP contribution < -0.4 is 20.1 Å². The van der Waals surface area contributed by atoms with Gasteiger partial charge in [-0.2, -0.15) is 0 Å². The Morgan fingerprint density at radius 3 is 2.54 bits per heavy atom. The average Bonchev–Trinajstić information content (AvgIpc) is 2.90. The van der Waals surface area contributed by atoms with Crippen LogP contribution >= 0.6 is 0 Å². The van der Waals surface area contributed by atoms with E-state index in [-0.39, 0.29) is 11.9 Å². The number of hydrogen-bond acceptors (Lipinski definition) is 5. The number of ether oxygens (including phenoxy) is 2. The fourth-order valence-corrected chi connectivity index (χ4v) is 3.28. The van der Waals surface area contributed by atoms with Gasteiger partial charge in [-0.15, -0.1) is 0 Å². The Morgan fingerprint density at radius 2 is 1.88 bits per heavy atom. The van der Waals surface area contributed by atoms with E-state index in [2.05, 4.69) is 15.5 Å². The molecule has 0 bridgehead atoms. The van der Waals surface area contributed by atoms with Crippen LogP contribution in [-0.4, -0.2) is 57.2 Å². The first-order chi connectivity index (χ1) is 12.6. The maximum Gasteiger partial charge on any atom is 0.226 e. The van der Waals surface area contributed by atoms with Gasteiger partial charge in [-0.3, -0.25) is 4.79 Å². The summed E-state index contributed by atoms with van der Waals surface area (Å²) in [6, 6.07) is 5.50. The number of nitrogens with one attached hydrogen (secondary N) is 2. The van der Waals surface area contributed by atoms with Crippen LogP contribution in [0.25, 0.3) is 0 Å². The molecule has 1 fully saturated rings. The molecule has 0 aliphatic carbocycles. The lowest BCUT2D eigenvalue weighted by Crippen LogP contribution is -2.38. The molecule has 26 heavy (non-hydrogen) atoms. The van der Waals surface area contributed by atoms with Gasteiger partial charge < -0.3 is 25.0 Å². The Labute approximate surface area is 157 Å². The minimum Gasteiger partial charge on any atom is -0.497 e. The third-order valence-corrected chi connectivity index (χ3v) is 4.79. The summed E-state index contributed by atoms with van der Waals surface area (Å²) in [4.78, 5) is 14.8. The minimum absolute atomic E-state index is 0.0248. The van der Waals surface area contributed by atoms with Gasteiger partial charge in [-0.05, 0) is 45.0 Å². The van der Waals surface area contributed by atoms with Crippen molar-refractivity contribution >= 4 is 11.6 Å². The SMILES string of the molecule is COc1ccc(NC(=O)CC(C)NCCN2CCCCCC2)c(OC)c1. The van der Waals surface area contributed by atoms with Crippen molar-refractivity contribution in [3.05, 3.63) is 18.2 Å². The van der Waals surface area contributed by atoms with Gasteiger partial charge in [-0.1, -0.05) is 12.8 Å².